The van der Waals surface area contributed by atoms with Gasteiger partial charge >= 0.3 is 0 Å². The molecule has 1 heterocycles. The smallest absolute Gasteiger partial charge is 0.0976 e. The Hall–Kier alpha value is -1.45. The topological polar surface area (TPSA) is 12.9 Å². The molecule has 100 valence electrons. The maximum Gasteiger partial charge on any atom is 0.0976 e. The molecule has 1 aromatic heterocycles. The maximum atomic E-state index is 4.75. The zero-order valence-electron chi connectivity index (χ0n) is 11.1. The number of nitrogens with zero attached hydrogens (tertiary/aromatic N) is 1. The molecule has 3 heteroatoms. The van der Waals surface area contributed by atoms with Crippen molar-refractivity contribution in [3.63, 3.8) is 0 Å². The summed E-state index contributed by atoms with van der Waals surface area (Å²) < 4.78 is 1.09. The van der Waals surface area contributed by atoms with E-state index in [4.69, 9.17) is 4.98 Å². The van der Waals surface area contributed by atoms with Gasteiger partial charge in [-0.15, -0.1) is 11.3 Å². The van der Waals surface area contributed by atoms with Gasteiger partial charge in [-0.3, -0.25) is 0 Å². The molecule has 2 aromatic carbocycles. The molecule has 0 N–H and O–H groups in total. The van der Waals surface area contributed by atoms with Crippen LogP contribution in [0.3, 0.4) is 0 Å². The van der Waals surface area contributed by atoms with Crippen molar-refractivity contribution in [1.29, 1.82) is 0 Å². The third kappa shape index (κ3) is 3.00. The summed E-state index contributed by atoms with van der Waals surface area (Å²) in [6.07, 6.45) is 0.911. The molecule has 3 aromatic rings. The lowest BCUT2D eigenvalue weighted by molar-refractivity contribution is 1.12. The van der Waals surface area contributed by atoms with Gasteiger partial charge in [-0.2, -0.15) is 0 Å². The average Bonchev–Trinajstić information content (AvgIpc) is 2.91. The number of benzene rings is 2. The van der Waals surface area contributed by atoms with Crippen molar-refractivity contribution in [3.8, 4) is 11.3 Å². The van der Waals surface area contributed by atoms with Crippen LogP contribution in [0.15, 0.2) is 58.4 Å². The first-order valence-electron chi connectivity index (χ1n) is 6.47. The number of hydrogen-bond donors (Lipinski definition) is 0. The van der Waals surface area contributed by atoms with E-state index in [-0.39, 0.29) is 0 Å². The molecule has 0 fully saturated rings. The Bertz CT molecular complexity index is 716. The van der Waals surface area contributed by atoms with Crippen molar-refractivity contribution in [1.82, 2.24) is 4.98 Å². The van der Waals surface area contributed by atoms with Gasteiger partial charge in [0.1, 0.15) is 0 Å². The third-order valence-electron chi connectivity index (χ3n) is 3.29. The van der Waals surface area contributed by atoms with Gasteiger partial charge < -0.3 is 0 Å². The Kier molecular flexibility index (Phi) is 3.99. The Morgan fingerprint density at radius 3 is 2.55 bits per heavy atom. The van der Waals surface area contributed by atoms with Crippen LogP contribution < -0.4 is 0 Å². The number of aromatic nitrogens is 1. The first-order chi connectivity index (χ1) is 9.72. The van der Waals surface area contributed by atoms with E-state index < -0.39 is 0 Å². The summed E-state index contributed by atoms with van der Waals surface area (Å²) in [4.78, 5) is 4.75. The van der Waals surface area contributed by atoms with Crippen LogP contribution in [0.5, 0.6) is 0 Å². The SMILES string of the molecule is Cc1ccccc1Cc1nc(-c2ccc(Br)cc2)cs1. The summed E-state index contributed by atoms with van der Waals surface area (Å²) in [7, 11) is 0. The van der Waals surface area contributed by atoms with E-state index in [0.717, 1.165) is 21.6 Å². The number of thiazole rings is 1. The minimum atomic E-state index is 0.911. The quantitative estimate of drug-likeness (QED) is 0.614. The van der Waals surface area contributed by atoms with E-state index in [1.54, 1.807) is 11.3 Å². The first kappa shape index (κ1) is 13.5. The maximum absolute atomic E-state index is 4.75. The fourth-order valence-electron chi connectivity index (χ4n) is 2.12. The molecule has 0 amide bonds. The van der Waals surface area contributed by atoms with Crippen LogP contribution in [0.2, 0.25) is 0 Å². The molecule has 0 radical (unpaired) electrons. The normalized spacial score (nSPS) is 10.7. The predicted molar refractivity (Wildman–Crippen MR) is 89.2 cm³/mol. The molecular formula is C17H14BrNS. The van der Waals surface area contributed by atoms with Gasteiger partial charge in [0.05, 0.1) is 10.7 Å². The molecule has 0 atom stereocenters. The van der Waals surface area contributed by atoms with E-state index in [0.29, 0.717) is 0 Å². The van der Waals surface area contributed by atoms with E-state index in [1.165, 1.54) is 16.7 Å². The van der Waals surface area contributed by atoms with Gasteiger partial charge in [-0.05, 0) is 30.2 Å². The second-order valence-corrected chi connectivity index (χ2v) is 6.59. The molecule has 3 rings (SSSR count). The highest BCUT2D eigenvalue weighted by Gasteiger charge is 2.06. The second-order valence-electron chi connectivity index (χ2n) is 4.74. The molecule has 0 saturated heterocycles. The average molecular weight is 344 g/mol. The van der Waals surface area contributed by atoms with Crippen LogP contribution in [0.4, 0.5) is 0 Å². The van der Waals surface area contributed by atoms with Crippen molar-refractivity contribution in [2.75, 3.05) is 0 Å². The van der Waals surface area contributed by atoms with E-state index in [1.807, 2.05) is 0 Å². The summed E-state index contributed by atoms with van der Waals surface area (Å²) in [5, 5.41) is 3.30. The fraction of sp³-hybridized carbons (Fsp3) is 0.118. The Balaban J connectivity index is 1.84. The van der Waals surface area contributed by atoms with Crippen LogP contribution >= 0.6 is 27.3 Å². The van der Waals surface area contributed by atoms with Crippen molar-refractivity contribution in [3.05, 3.63) is 74.5 Å². The molecule has 20 heavy (non-hydrogen) atoms. The summed E-state index contributed by atoms with van der Waals surface area (Å²) in [5.74, 6) is 0. The van der Waals surface area contributed by atoms with Crippen molar-refractivity contribution < 1.29 is 0 Å². The van der Waals surface area contributed by atoms with E-state index in [9.17, 15) is 0 Å². The number of rotatable bonds is 3. The molecule has 0 aliphatic carbocycles. The van der Waals surface area contributed by atoms with Crippen LogP contribution in [-0.2, 0) is 6.42 Å². The van der Waals surface area contributed by atoms with Crippen molar-refractivity contribution >= 4 is 27.3 Å². The third-order valence-corrected chi connectivity index (χ3v) is 4.67. The molecule has 0 aliphatic rings. The number of hydrogen-bond acceptors (Lipinski definition) is 2. The lowest BCUT2D eigenvalue weighted by atomic mass is 10.1. The van der Waals surface area contributed by atoms with E-state index in [2.05, 4.69) is 76.8 Å². The molecule has 0 unspecified atom stereocenters. The zero-order valence-corrected chi connectivity index (χ0v) is 13.5. The predicted octanol–water partition coefficient (Wildman–Crippen LogP) is 5.47. The molecule has 0 spiro atoms. The Labute approximate surface area is 131 Å². The van der Waals surface area contributed by atoms with Crippen molar-refractivity contribution in [2.45, 2.75) is 13.3 Å². The monoisotopic (exact) mass is 343 g/mol. The molecular weight excluding hydrogens is 330 g/mol. The van der Waals surface area contributed by atoms with Crippen LogP contribution in [0.25, 0.3) is 11.3 Å². The summed E-state index contributed by atoms with van der Waals surface area (Å²) in [6, 6.07) is 16.8. The van der Waals surface area contributed by atoms with Crippen LogP contribution in [-0.4, -0.2) is 4.98 Å². The Morgan fingerprint density at radius 1 is 1.05 bits per heavy atom. The number of aryl methyl sites for hydroxylation is 1. The minimum absolute atomic E-state index is 0.911. The zero-order chi connectivity index (χ0) is 13.9. The summed E-state index contributed by atoms with van der Waals surface area (Å²) in [6.45, 7) is 2.15. The standard InChI is InChI=1S/C17H14BrNS/c1-12-4-2-3-5-14(12)10-17-19-16(11-20-17)13-6-8-15(18)9-7-13/h2-9,11H,10H2,1H3. The summed E-state index contributed by atoms with van der Waals surface area (Å²) >= 11 is 5.19. The van der Waals surface area contributed by atoms with Gasteiger partial charge in [0.15, 0.2) is 0 Å². The Morgan fingerprint density at radius 2 is 1.80 bits per heavy atom. The van der Waals surface area contributed by atoms with Crippen LogP contribution in [0, 0.1) is 6.92 Å². The molecule has 0 aliphatic heterocycles. The highest BCUT2D eigenvalue weighted by molar-refractivity contribution is 9.10. The lowest BCUT2D eigenvalue weighted by Crippen LogP contribution is -1.90. The van der Waals surface area contributed by atoms with Gasteiger partial charge in [0, 0.05) is 21.8 Å². The number of halogens is 1. The van der Waals surface area contributed by atoms with Gasteiger partial charge in [-0.25, -0.2) is 4.98 Å². The van der Waals surface area contributed by atoms with Gasteiger partial charge in [0.25, 0.3) is 0 Å². The second kappa shape index (κ2) is 5.90. The van der Waals surface area contributed by atoms with Crippen LogP contribution in [0.1, 0.15) is 16.1 Å². The largest absolute Gasteiger partial charge is 0.241 e. The highest BCUT2D eigenvalue weighted by atomic mass is 79.9. The highest BCUT2D eigenvalue weighted by Crippen LogP contribution is 2.25. The first-order valence-corrected chi connectivity index (χ1v) is 8.14. The van der Waals surface area contributed by atoms with Gasteiger partial charge in [-0.1, -0.05) is 52.3 Å². The van der Waals surface area contributed by atoms with Crippen molar-refractivity contribution in [2.24, 2.45) is 0 Å². The molecule has 0 bridgehead atoms. The molecule has 1 nitrogen and oxygen atoms in total. The molecule has 0 saturated carbocycles. The van der Waals surface area contributed by atoms with Gasteiger partial charge in [0.2, 0.25) is 0 Å². The minimum Gasteiger partial charge on any atom is -0.241 e. The fourth-order valence-corrected chi connectivity index (χ4v) is 3.21. The lowest BCUT2D eigenvalue weighted by Gasteiger charge is -2.02. The van der Waals surface area contributed by atoms with E-state index >= 15 is 0 Å². The summed E-state index contributed by atoms with van der Waals surface area (Å²) in [5.41, 5.74) is 4.91.